The zero-order chi connectivity index (χ0) is 11.3. The summed E-state index contributed by atoms with van der Waals surface area (Å²) in [5, 5.41) is 0. The molecule has 0 atom stereocenters. The van der Waals surface area contributed by atoms with E-state index in [0.717, 1.165) is 19.6 Å². The van der Waals surface area contributed by atoms with Gasteiger partial charge in [-0.25, -0.2) is 4.98 Å². The lowest BCUT2D eigenvalue weighted by atomic mass is 10.4. The summed E-state index contributed by atoms with van der Waals surface area (Å²) in [5.74, 6) is 0. The van der Waals surface area contributed by atoms with Crippen molar-refractivity contribution < 1.29 is 0 Å². The summed E-state index contributed by atoms with van der Waals surface area (Å²) >= 11 is 0. The average molecular weight is 210 g/mol. The van der Waals surface area contributed by atoms with E-state index in [1.165, 1.54) is 12.5 Å². The maximum Gasteiger partial charge on any atom is 0.276 e. The van der Waals surface area contributed by atoms with Gasteiger partial charge in [-0.3, -0.25) is 9.36 Å². The minimum absolute atomic E-state index is 0.155. The Balaban J connectivity index is 2.65. The quantitative estimate of drug-likeness (QED) is 0.752. The maximum atomic E-state index is 11.5. The van der Waals surface area contributed by atoms with E-state index in [4.69, 9.17) is 5.73 Å². The number of nitrogens with two attached hydrogens (primary N) is 1. The van der Waals surface area contributed by atoms with Crippen LogP contribution in [0.25, 0.3) is 0 Å². The molecule has 0 aliphatic rings. The molecule has 0 saturated carbocycles. The van der Waals surface area contributed by atoms with Crippen LogP contribution in [0, 0.1) is 0 Å². The highest BCUT2D eigenvalue weighted by atomic mass is 16.1. The van der Waals surface area contributed by atoms with Gasteiger partial charge >= 0.3 is 0 Å². The van der Waals surface area contributed by atoms with E-state index in [1.54, 1.807) is 4.57 Å². The lowest BCUT2D eigenvalue weighted by Gasteiger charge is -2.18. The minimum Gasteiger partial charge on any atom is -0.393 e. The highest BCUT2D eigenvalue weighted by Crippen LogP contribution is 1.91. The highest BCUT2D eigenvalue weighted by molar-refractivity contribution is 5.30. The molecule has 1 rings (SSSR count). The molecule has 1 aromatic rings. The Labute approximate surface area is 89.5 Å². The van der Waals surface area contributed by atoms with Crippen molar-refractivity contribution in [1.82, 2.24) is 14.5 Å². The summed E-state index contributed by atoms with van der Waals surface area (Å²) in [6.45, 7) is 7.66. The molecule has 84 valence electrons. The topological polar surface area (TPSA) is 64.2 Å². The first-order valence-corrected chi connectivity index (χ1v) is 5.21. The monoisotopic (exact) mass is 210 g/mol. The first-order valence-electron chi connectivity index (χ1n) is 5.21. The van der Waals surface area contributed by atoms with Crippen LogP contribution in [0.15, 0.2) is 17.3 Å². The fourth-order valence-corrected chi connectivity index (χ4v) is 1.42. The third-order valence-electron chi connectivity index (χ3n) is 2.48. The number of hydrogen-bond donors (Lipinski definition) is 1. The number of hydrogen-bond acceptors (Lipinski definition) is 4. The molecule has 0 aliphatic heterocycles. The summed E-state index contributed by atoms with van der Waals surface area (Å²) in [6, 6.07) is 0. The molecule has 5 nitrogen and oxygen atoms in total. The number of likely N-dealkylation sites (N-methyl/N-ethyl adjacent to an activating group) is 1. The first kappa shape index (κ1) is 11.7. The van der Waals surface area contributed by atoms with Gasteiger partial charge in [0.1, 0.15) is 5.69 Å². The molecule has 0 bridgehead atoms. The van der Waals surface area contributed by atoms with Crippen LogP contribution in [0.4, 0.5) is 5.69 Å². The van der Waals surface area contributed by atoms with Crippen molar-refractivity contribution in [3.8, 4) is 0 Å². The molecule has 0 spiro atoms. The van der Waals surface area contributed by atoms with Crippen LogP contribution in [-0.2, 0) is 6.54 Å². The Bertz CT molecular complexity index is 357. The zero-order valence-corrected chi connectivity index (χ0v) is 9.31. The van der Waals surface area contributed by atoms with E-state index in [9.17, 15) is 4.79 Å². The van der Waals surface area contributed by atoms with Crippen molar-refractivity contribution in [3.05, 3.63) is 22.9 Å². The molecule has 15 heavy (non-hydrogen) atoms. The Morgan fingerprint density at radius 1 is 1.47 bits per heavy atom. The minimum atomic E-state index is -0.155. The largest absolute Gasteiger partial charge is 0.393 e. The summed E-state index contributed by atoms with van der Waals surface area (Å²) in [6.07, 6.45) is 2.92. The molecule has 0 unspecified atom stereocenters. The average Bonchev–Trinajstić information content (AvgIpc) is 2.25. The van der Waals surface area contributed by atoms with Gasteiger partial charge in [-0.1, -0.05) is 13.8 Å². The first-order chi connectivity index (χ1) is 7.19. The molecule has 1 heterocycles. The third kappa shape index (κ3) is 3.06. The van der Waals surface area contributed by atoms with Crippen LogP contribution in [0.5, 0.6) is 0 Å². The molecule has 0 aliphatic carbocycles. The van der Waals surface area contributed by atoms with E-state index in [1.807, 2.05) is 0 Å². The predicted octanol–water partition coefficient (Wildman–Crippen LogP) is 0.167. The van der Waals surface area contributed by atoms with Crippen molar-refractivity contribution in [1.29, 1.82) is 0 Å². The number of anilines is 1. The molecule has 0 fully saturated rings. The van der Waals surface area contributed by atoms with Gasteiger partial charge in [0.05, 0.1) is 12.5 Å². The molecule has 1 aromatic heterocycles. The van der Waals surface area contributed by atoms with E-state index in [0.29, 0.717) is 6.54 Å². The fourth-order valence-electron chi connectivity index (χ4n) is 1.42. The predicted molar refractivity (Wildman–Crippen MR) is 60.7 cm³/mol. The lowest BCUT2D eigenvalue weighted by molar-refractivity contribution is 0.288. The Kier molecular flexibility index (Phi) is 4.30. The molecule has 2 N–H and O–H groups in total. The second kappa shape index (κ2) is 5.50. The summed E-state index contributed by atoms with van der Waals surface area (Å²) < 4.78 is 1.55. The SMILES string of the molecule is CCN(CC)CCn1cncc(N)c1=O. The molecule has 0 radical (unpaired) electrons. The Morgan fingerprint density at radius 2 is 2.13 bits per heavy atom. The number of rotatable bonds is 5. The summed E-state index contributed by atoms with van der Waals surface area (Å²) in [7, 11) is 0. The normalized spacial score (nSPS) is 10.9. The van der Waals surface area contributed by atoms with Gasteiger partial charge in [0, 0.05) is 13.1 Å². The van der Waals surface area contributed by atoms with E-state index in [2.05, 4.69) is 23.7 Å². The van der Waals surface area contributed by atoms with Crippen LogP contribution < -0.4 is 11.3 Å². The molecule has 0 amide bonds. The van der Waals surface area contributed by atoms with Crippen molar-refractivity contribution in [2.24, 2.45) is 0 Å². The van der Waals surface area contributed by atoms with Gasteiger partial charge in [0.15, 0.2) is 0 Å². The van der Waals surface area contributed by atoms with Crippen molar-refractivity contribution >= 4 is 5.69 Å². The highest BCUT2D eigenvalue weighted by Gasteiger charge is 2.02. The van der Waals surface area contributed by atoms with Crippen LogP contribution in [-0.4, -0.2) is 34.1 Å². The van der Waals surface area contributed by atoms with Gasteiger partial charge in [0.2, 0.25) is 0 Å². The smallest absolute Gasteiger partial charge is 0.276 e. The van der Waals surface area contributed by atoms with Crippen molar-refractivity contribution in [2.75, 3.05) is 25.4 Å². The fraction of sp³-hybridized carbons (Fsp3) is 0.600. The third-order valence-corrected chi connectivity index (χ3v) is 2.48. The molecule has 5 heteroatoms. The standard InChI is InChI=1S/C10H18N4O/c1-3-13(4-2)5-6-14-8-12-7-9(11)10(14)15/h7-8H,3-6,11H2,1-2H3. The van der Waals surface area contributed by atoms with Gasteiger partial charge in [0.25, 0.3) is 5.56 Å². The number of aromatic nitrogens is 2. The van der Waals surface area contributed by atoms with Gasteiger partial charge < -0.3 is 10.6 Å². The van der Waals surface area contributed by atoms with E-state index < -0.39 is 0 Å². The van der Waals surface area contributed by atoms with Crippen LogP contribution in [0.1, 0.15) is 13.8 Å². The van der Waals surface area contributed by atoms with Crippen molar-refractivity contribution in [3.63, 3.8) is 0 Å². The van der Waals surface area contributed by atoms with Gasteiger partial charge in [-0.15, -0.1) is 0 Å². The second-order valence-corrected chi connectivity index (χ2v) is 3.37. The van der Waals surface area contributed by atoms with Crippen LogP contribution in [0.2, 0.25) is 0 Å². The molecular weight excluding hydrogens is 192 g/mol. The molecule has 0 saturated heterocycles. The van der Waals surface area contributed by atoms with E-state index in [-0.39, 0.29) is 11.2 Å². The molecule has 0 aromatic carbocycles. The van der Waals surface area contributed by atoms with Crippen LogP contribution >= 0.6 is 0 Å². The van der Waals surface area contributed by atoms with E-state index >= 15 is 0 Å². The Morgan fingerprint density at radius 3 is 2.73 bits per heavy atom. The summed E-state index contributed by atoms with van der Waals surface area (Å²) in [4.78, 5) is 17.7. The second-order valence-electron chi connectivity index (χ2n) is 3.37. The lowest BCUT2D eigenvalue weighted by Crippen LogP contribution is -2.31. The summed E-state index contributed by atoms with van der Waals surface area (Å²) in [5.41, 5.74) is 5.53. The molecular formula is C10H18N4O. The zero-order valence-electron chi connectivity index (χ0n) is 9.31. The van der Waals surface area contributed by atoms with Crippen molar-refractivity contribution in [2.45, 2.75) is 20.4 Å². The van der Waals surface area contributed by atoms with Crippen LogP contribution in [0.3, 0.4) is 0 Å². The van der Waals surface area contributed by atoms with Gasteiger partial charge in [-0.05, 0) is 13.1 Å². The number of nitrogen functional groups attached to an aromatic ring is 1. The maximum absolute atomic E-state index is 11.5. The number of nitrogens with zero attached hydrogens (tertiary/aromatic N) is 3. The van der Waals surface area contributed by atoms with Gasteiger partial charge in [-0.2, -0.15) is 0 Å². The Hall–Kier alpha value is -1.36.